The van der Waals surface area contributed by atoms with Gasteiger partial charge in [0.1, 0.15) is 5.69 Å². The monoisotopic (exact) mass is 154 g/mol. The van der Waals surface area contributed by atoms with E-state index < -0.39 is 0 Å². The molecule has 1 amide bonds. The number of nitrogens with zero attached hydrogens (tertiary/aromatic N) is 2. The van der Waals surface area contributed by atoms with Gasteiger partial charge in [-0.25, -0.2) is 4.98 Å². The maximum absolute atomic E-state index is 11.2. The number of nitrogens with two attached hydrogens (primary N) is 1. The Morgan fingerprint density at radius 3 is 2.73 bits per heavy atom. The summed E-state index contributed by atoms with van der Waals surface area (Å²) >= 11 is 0. The van der Waals surface area contributed by atoms with Crippen LogP contribution in [0.15, 0.2) is 6.33 Å². The fraction of sp³-hybridized carbons (Fsp3) is 0.333. The summed E-state index contributed by atoms with van der Waals surface area (Å²) in [6, 6.07) is 0. The van der Waals surface area contributed by atoms with Crippen molar-refractivity contribution >= 4 is 11.7 Å². The van der Waals surface area contributed by atoms with E-state index in [9.17, 15) is 4.79 Å². The lowest BCUT2D eigenvalue weighted by molar-refractivity contribution is 0.0823. The highest BCUT2D eigenvalue weighted by Gasteiger charge is 2.12. The summed E-state index contributed by atoms with van der Waals surface area (Å²) < 4.78 is 0. The van der Waals surface area contributed by atoms with Crippen molar-refractivity contribution in [2.45, 2.75) is 0 Å². The normalized spacial score (nSPS) is 9.64. The van der Waals surface area contributed by atoms with Crippen molar-refractivity contribution in [2.75, 3.05) is 19.8 Å². The molecule has 0 radical (unpaired) electrons. The molecular weight excluding hydrogens is 144 g/mol. The van der Waals surface area contributed by atoms with E-state index in [1.165, 1.54) is 11.2 Å². The maximum atomic E-state index is 11.2. The first-order valence-corrected chi connectivity index (χ1v) is 3.13. The second-order valence-corrected chi connectivity index (χ2v) is 2.36. The lowest BCUT2D eigenvalue weighted by atomic mass is 10.4. The first kappa shape index (κ1) is 7.59. The molecule has 1 aromatic rings. The van der Waals surface area contributed by atoms with Crippen LogP contribution >= 0.6 is 0 Å². The molecular formula is C6H10N4O. The van der Waals surface area contributed by atoms with E-state index in [0.29, 0.717) is 5.69 Å². The lowest BCUT2D eigenvalue weighted by Crippen LogP contribution is -2.22. The van der Waals surface area contributed by atoms with Crippen molar-refractivity contribution in [1.29, 1.82) is 0 Å². The minimum atomic E-state index is -0.167. The van der Waals surface area contributed by atoms with Gasteiger partial charge >= 0.3 is 0 Å². The Balaban J connectivity index is 2.93. The molecule has 0 atom stereocenters. The van der Waals surface area contributed by atoms with Crippen LogP contribution in [0.25, 0.3) is 0 Å². The average molecular weight is 154 g/mol. The smallest absolute Gasteiger partial charge is 0.273 e. The minimum absolute atomic E-state index is 0.167. The molecule has 0 unspecified atom stereocenters. The van der Waals surface area contributed by atoms with Gasteiger partial charge in [0.25, 0.3) is 5.91 Å². The van der Waals surface area contributed by atoms with E-state index in [0.717, 1.165) is 0 Å². The molecule has 0 aliphatic heterocycles. The molecule has 5 heteroatoms. The maximum Gasteiger partial charge on any atom is 0.273 e. The average Bonchev–Trinajstić information content (AvgIpc) is 2.33. The zero-order chi connectivity index (χ0) is 8.43. The third-order valence-corrected chi connectivity index (χ3v) is 1.29. The van der Waals surface area contributed by atoms with Gasteiger partial charge in [0.05, 0.1) is 6.33 Å². The second-order valence-electron chi connectivity index (χ2n) is 2.36. The molecule has 0 aromatic carbocycles. The van der Waals surface area contributed by atoms with Gasteiger partial charge in [0, 0.05) is 14.1 Å². The summed E-state index contributed by atoms with van der Waals surface area (Å²) in [5, 5.41) is 0. The zero-order valence-corrected chi connectivity index (χ0v) is 6.46. The van der Waals surface area contributed by atoms with Gasteiger partial charge in [0.15, 0.2) is 5.82 Å². The molecule has 3 N–H and O–H groups in total. The van der Waals surface area contributed by atoms with Crippen LogP contribution in [0.2, 0.25) is 0 Å². The fourth-order valence-corrected chi connectivity index (χ4v) is 0.700. The van der Waals surface area contributed by atoms with Crippen molar-refractivity contribution < 1.29 is 4.79 Å². The topological polar surface area (TPSA) is 75.0 Å². The highest BCUT2D eigenvalue weighted by atomic mass is 16.2. The number of rotatable bonds is 1. The fourth-order valence-electron chi connectivity index (χ4n) is 0.700. The number of H-pyrrole nitrogens is 1. The van der Waals surface area contributed by atoms with E-state index in [1.54, 1.807) is 14.1 Å². The summed E-state index contributed by atoms with van der Waals surface area (Å²) in [4.78, 5) is 19.0. The molecule has 0 saturated heterocycles. The van der Waals surface area contributed by atoms with E-state index in [2.05, 4.69) is 9.97 Å². The molecule has 1 heterocycles. The molecule has 0 saturated carbocycles. The summed E-state index contributed by atoms with van der Waals surface area (Å²) in [6.45, 7) is 0. The molecule has 0 fully saturated rings. The summed E-state index contributed by atoms with van der Waals surface area (Å²) in [7, 11) is 3.31. The van der Waals surface area contributed by atoms with E-state index in [-0.39, 0.29) is 11.7 Å². The molecule has 0 aliphatic carbocycles. The van der Waals surface area contributed by atoms with Gasteiger partial charge in [-0.05, 0) is 0 Å². The zero-order valence-electron chi connectivity index (χ0n) is 6.46. The van der Waals surface area contributed by atoms with Gasteiger partial charge in [0.2, 0.25) is 0 Å². The largest absolute Gasteiger partial charge is 0.382 e. The van der Waals surface area contributed by atoms with Crippen LogP contribution in [-0.4, -0.2) is 34.9 Å². The Bertz CT molecular complexity index is 265. The van der Waals surface area contributed by atoms with Gasteiger partial charge in [-0.2, -0.15) is 0 Å². The van der Waals surface area contributed by atoms with Gasteiger partial charge in [-0.15, -0.1) is 0 Å². The van der Waals surface area contributed by atoms with Crippen LogP contribution in [0.4, 0.5) is 5.82 Å². The lowest BCUT2D eigenvalue weighted by Gasteiger charge is -2.07. The number of imidazole rings is 1. The third-order valence-electron chi connectivity index (χ3n) is 1.29. The number of hydrogen-bond donors (Lipinski definition) is 2. The molecule has 1 rings (SSSR count). The number of aromatic nitrogens is 2. The van der Waals surface area contributed by atoms with Crippen LogP contribution in [0.3, 0.4) is 0 Å². The number of hydrogen-bond acceptors (Lipinski definition) is 3. The van der Waals surface area contributed by atoms with Crippen molar-refractivity contribution in [3.8, 4) is 0 Å². The molecule has 11 heavy (non-hydrogen) atoms. The Labute approximate surface area is 64.2 Å². The number of aromatic amines is 1. The molecule has 60 valence electrons. The van der Waals surface area contributed by atoms with E-state index >= 15 is 0 Å². The Kier molecular flexibility index (Phi) is 1.80. The van der Waals surface area contributed by atoms with Gasteiger partial charge < -0.3 is 15.6 Å². The van der Waals surface area contributed by atoms with Crippen molar-refractivity contribution in [3.05, 3.63) is 12.0 Å². The summed E-state index contributed by atoms with van der Waals surface area (Å²) in [6.07, 6.45) is 1.39. The van der Waals surface area contributed by atoms with Crippen LogP contribution < -0.4 is 5.73 Å². The summed E-state index contributed by atoms with van der Waals surface area (Å²) in [5.41, 5.74) is 5.73. The highest BCUT2D eigenvalue weighted by Crippen LogP contribution is 2.05. The molecule has 5 nitrogen and oxygen atoms in total. The standard InChI is InChI=1S/C6H10N4O/c1-10(2)6(11)4-5(7)9-3-8-4/h3H,7H2,1-2H3,(H,8,9). The molecule has 0 bridgehead atoms. The highest BCUT2D eigenvalue weighted by molar-refractivity contribution is 5.96. The first-order valence-electron chi connectivity index (χ1n) is 3.13. The number of carbonyl (C=O) groups excluding carboxylic acids is 1. The number of carbonyl (C=O) groups is 1. The Hall–Kier alpha value is -1.52. The number of nitrogen functional groups attached to an aromatic ring is 1. The predicted octanol–water partition coefficient (Wildman–Crippen LogP) is -0.306. The Morgan fingerprint density at radius 2 is 2.36 bits per heavy atom. The van der Waals surface area contributed by atoms with Crippen LogP contribution in [0.1, 0.15) is 10.5 Å². The molecule has 0 spiro atoms. The summed E-state index contributed by atoms with van der Waals surface area (Å²) in [5.74, 6) is 0.0729. The van der Waals surface area contributed by atoms with Crippen LogP contribution in [0, 0.1) is 0 Å². The second kappa shape index (κ2) is 2.61. The number of amides is 1. The SMILES string of the molecule is CN(C)C(=O)c1[nH]cnc1N. The quantitative estimate of drug-likeness (QED) is 0.582. The van der Waals surface area contributed by atoms with E-state index in [1.807, 2.05) is 0 Å². The number of anilines is 1. The van der Waals surface area contributed by atoms with Crippen LogP contribution in [0.5, 0.6) is 0 Å². The third kappa shape index (κ3) is 1.31. The Morgan fingerprint density at radius 1 is 1.73 bits per heavy atom. The predicted molar refractivity (Wildman–Crippen MR) is 41.0 cm³/mol. The van der Waals surface area contributed by atoms with Crippen molar-refractivity contribution in [2.24, 2.45) is 0 Å². The minimum Gasteiger partial charge on any atom is -0.382 e. The number of nitrogens with one attached hydrogen (secondary N) is 1. The van der Waals surface area contributed by atoms with Gasteiger partial charge in [-0.3, -0.25) is 4.79 Å². The van der Waals surface area contributed by atoms with Gasteiger partial charge in [-0.1, -0.05) is 0 Å². The first-order chi connectivity index (χ1) is 5.13. The van der Waals surface area contributed by atoms with Crippen molar-refractivity contribution in [1.82, 2.24) is 14.9 Å². The molecule has 1 aromatic heterocycles. The van der Waals surface area contributed by atoms with Crippen LogP contribution in [-0.2, 0) is 0 Å². The van der Waals surface area contributed by atoms with Crippen molar-refractivity contribution in [3.63, 3.8) is 0 Å². The molecule has 0 aliphatic rings. The van der Waals surface area contributed by atoms with E-state index in [4.69, 9.17) is 5.73 Å².